The Hall–Kier alpha value is -1.68. The van der Waals surface area contributed by atoms with Crippen molar-refractivity contribution in [2.24, 2.45) is 7.05 Å². The number of hydrogen-bond acceptors (Lipinski definition) is 2. The summed E-state index contributed by atoms with van der Waals surface area (Å²) in [5, 5.41) is 3.18. The van der Waals surface area contributed by atoms with E-state index in [4.69, 9.17) is 0 Å². The predicted molar refractivity (Wildman–Crippen MR) is 60.2 cm³/mol. The Kier molecular flexibility index (Phi) is 3.31. The lowest BCUT2D eigenvalue weighted by atomic mass is 10.2. The van der Waals surface area contributed by atoms with E-state index in [9.17, 15) is 4.39 Å². The molecule has 1 aromatic heterocycles. The normalized spacial score (nSPS) is 10.6. The van der Waals surface area contributed by atoms with Gasteiger partial charge in [-0.1, -0.05) is 18.2 Å². The molecule has 2 rings (SSSR count). The van der Waals surface area contributed by atoms with Crippen molar-refractivity contribution in [3.8, 4) is 0 Å². The molecule has 0 aliphatic rings. The Balaban J connectivity index is 1.89. The third-order valence-corrected chi connectivity index (χ3v) is 2.50. The van der Waals surface area contributed by atoms with Gasteiger partial charge in [0.2, 0.25) is 0 Å². The fourth-order valence-electron chi connectivity index (χ4n) is 1.52. The number of rotatable bonds is 4. The Labute approximate surface area is 93.9 Å². The van der Waals surface area contributed by atoms with E-state index in [-0.39, 0.29) is 5.82 Å². The summed E-state index contributed by atoms with van der Waals surface area (Å²) >= 11 is 0. The van der Waals surface area contributed by atoms with Crippen LogP contribution in [0.3, 0.4) is 0 Å². The van der Waals surface area contributed by atoms with Crippen molar-refractivity contribution in [2.45, 2.75) is 13.1 Å². The van der Waals surface area contributed by atoms with Gasteiger partial charge in [-0.2, -0.15) is 0 Å². The van der Waals surface area contributed by atoms with Gasteiger partial charge in [0.25, 0.3) is 0 Å². The van der Waals surface area contributed by atoms with Gasteiger partial charge in [0.1, 0.15) is 5.82 Å². The minimum atomic E-state index is -0.167. The average molecular weight is 219 g/mol. The number of imidazole rings is 1. The highest BCUT2D eigenvalue weighted by molar-refractivity contribution is 5.17. The summed E-state index contributed by atoms with van der Waals surface area (Å²) in [6.07, 6.45) is 3.55. The quantitative estimate of drug-likeness (QED) is 0.850. The van der Waals surface area contributed by atoms with E-state index in [1.807, 2.05) is 17.7 Å². The van der Waals surface area contributed by atoms with Crippen LogP contribution in [0.4, 0.5) is 4.39 Å². The minimum Gasteiger partial charge on any atom is -0.337 e. The molecule has 0 radical (unpaired) electrons. The van der Waals surface area contributed by atoms with Gasteiger partial charge >= 0.3 is 0 Å². The SMILES string of the molecule is Cn1cncc1CNCc1ccccc1F. The molecule has 1 aromatic carbocycles. The van der Waals surface area contributed by atoms with Gasteiger partial charge in [0, 0.05) is 31.9 Å². The Morgan fingerprint density at radius 2 is 2.12 bits per heavy atom. The van der Waals surface area contributed by atoms with Crippen LogP contribution in [0.1, 0.15) is 11.3 Å². The molecule has 0 aliphatic carbocycles. The lowest BCUT2D eigenvalue weighted by Crippen LogP contribution is -2.15. The van der Waals surface area contributed by atoms with Gasteiger partial charge in [0.15, 0.2) is 0 Å². The second-order valence-electron chi connectivity index (χ2n) is 3.69. The summed E-state index contributed by atoms with van der Waals surface area (Å²) in [5.41, 5.74) is 1.76. The van der Waals surface area contributed by atoms with E-state index >= 15 is 0 Å². The van der Waals surface area contributed by atoms with Crippen LogP contribution >= 0.6 is 0 Å². The zero-order valence-corrected chi connectivity index (χ0v) is 9.15. The molecule has 0 atom stereocenters. The lowest BCUT2D eigenvalue weighted by Gasteiger charge is -2.06. The van der Waals surface area contributed by atoms with Crippen LogP contribution in [-0.4, -0.2) is 9.55 Å². The Bertz CT molecular complexity index is 465. The van der Waals surface area contributed by atoms with Gasteiger partial charge in [-0.05, 0) is 6.07 Å². The van der Waals surface area contributed by atoms with E-state index in [1.54, 1.807) is 24.7 Å². The molecule has 4 heteroatoms. The Morgan fingerprint density at radius 1 is 1.31 bits per heavy atom. The van der Waals surface area contributed by atoms with Crippen LogP contribution in [0.2, 0.25) is 0 Å². The summed E-state index contributed by atoms with van der Waals surface area (Å²) in [7, 11) is 1.94. The maximum Gasteiger partial charge on any atom is 0.127 e. The van der Waals surface area contributed by atoms with Crippen LogP contribution in [0, 0.1) is 5.82 Å². The molecule has 1 N–H and O–H groups in total. The van der Waals surface area contributed by atoms with Crippen molar-refractivity contribution in [3.05, 3.63) is 53.9 Å². The zero-order valence-electron chi connectivity index (χ0n) is 9.15. The van der Waals surface area contributed by atoms with E-state index in [1.165, 1.54) is 6.07 Å². The first-order chi connectivity index (χ1) is 7.77. The molecule has 0 saturated heterocycles. The van der Waals surface area contributed by atoms with E-state index in [0.29, 0.717) is 18.7 Å². The second kappa shape index (κ2) is 4.90. The highest BCUT2D eigenvalue weighted by Gasteiger charge is 2.01. The summed E-state index contributed by atoms with van der Waals surface area (Å²) in [5.74, 6) is -0.167. The van der Waals surface area contributed by atoms with Gasteiger partial charge in [-0.15, -0.1) is 0 Å². The predicted octanol–water partition coefficient (Wildman–Crippen LogP) is 1.85. The summed E-state index contributed by atoms with van der Waals surface area (Å²) in [4.78, 5) is 4.01. The summed E-state index contributed by atoms with van der Waals surface area (Å²) in [6, 6.07) is 6.79. The minimum absolute atomic E-state index is 0.167. The van der Waals surface area contributed by atoms with Crippen molar-refractivity contribution in [2.75, 3.05) is 0 Å². The van der Waals surface area contributed by atoms with Crippen LogP contribution in [0.25, 0.3) is 0 Å². The van der Waals surface area contributed by atoms with Gasteiger partial charge in [0.05, 0.1) is 12.0 Å². The largest absolute Gasteiger partial charge is 0.337 e. The summed E-state index contributed by atoms with van der Waals surface area (Å²) in [6.45, 7) is 1.21. The molecule has 0 amide bonds. The first kappa shape index (κ1) is 10.8. The van der Waals surface area contributed by atoms with Gasteiger partial charge in [-0.3, -0.25) is 0 Å². The maximum absolute atomic E-state index is 13.3. The van der Waals surface area contributed by atoms with Crippen molar-refractivity contribution in [1.29, 1.82) is 0 Å². The second-order valence-corrected chi connectivity index (χ2v) is 3.69. The zero-order chi connectivity index (χ0) is 11.4. The third kappa shape index (κ3) is 2.46. The van der Waals surface area contributed by atoms with Gasteiger partial charge < -0.3 is 9.88 Å². The standard InChI is InChI=1S/C12H14FN3/c1-16-9-15-8-11(16)7-14-6-10-4-2-3-5-12(10)13/h2-5,8-9,14H,6-7H2,1H3. The number of benzene rings is 1. The highest BCUT2D eigenvalue weighted by atomic mass is 19.1. The fourth-order valence-corrected chi connectivity index (χ4v) is 1.52. The molecule has 2 aromatic rings. The van der Waals surface area contributed by atoms with Crippen LogP contribution in [-0.2, 0) is 20.1 Å². The number of aromatic nitrogens is 2. The average Bonchev–Trinajstić information content (AvgIpc) is 2.67. The Morgan fingerprint density at radius 3 is 2.81 bits per heavy atom. The van der Waals surface area contributed by atoms with Crippen molar-refractivity contribution in [1.82, 2.24) is 14.9 Å². The van der Waals surface area contributed by atoms with Crippen molar-refractivity contribution < 1.29 is 4.39 Å². The smallest absolute Gasteiger partial charge is 0.127 e. The topological polar surface area (TPSA) is 29.9 Å². The van der Waals surface area contributed by atoms with Crippen LogP contribution in [0.15, 0.2) is 36.8 Å². The molecule has 3 nitrogen and oxygen atoms in total. The highest BCUT2D eigenvalue weighted by Crippen LogP contribution is 2.06. The molecule has 1 heterocycles. The molecular formula is C12H14FN3. The molecule has 0 bridgehead atoms. The number of aryl methyl sites for hydroxylation is 1. The number of nitrogens with zero attached hydrogens (tertiary/aromatic N) is 2. The first-order valence-electron chi connectivity index (χ1n) is 5.16. The molecule has 16 heavy (non-hydrogen) atoms. The maximum atomic E-state index is 13.3. The molecule has 84 valence electrons. The number of halogens is 1. The molecule has 0 aliphatic heterocycles. The molecule has 0 saturated carbocycles. The van der Waals surface area contributed by atoms with Crippen molar-refractivity contribution >= 4 is 0 Å². The monoisotopic (exact) mass is 219 g/mol. The fraction of sp³-hybridized carbons (Fsp3) is 0.250. The molecule has 0 fully saturated rings. The molecule has 0 unspecified atom stereocenters. The van der Waals surface area contributed by atoms with E-state index in [0.717, 1.165) is 5.69 Å². The first-order valence-corrected chi connectivity index (χ1v) is 5.16. The van der Waals surface area contributed by atoms with Crippen LogP contribution < -0.4 is 5.32 Å². The number of nitrogens with one attached hydrogen (secondary N) is 1. The van der Waals surface area contributed by atoms with Crippen LogP contribution in [0.5, 0.6) is 0 Å². The lowest BCUT2D eigenvalue weighted by molar-refractivity contribution is 0.582. The van der Waals surface area contributed by atoms with Crippen molar-refractivity contribution in [3.63, 3.8) is 0 Å². The van der Waals surface area contributed by atoms with E-state index in [2.05, 4.69) is 10.3 Å². The number of hydrogen-bond donors (Lipinski definition) is 1. The summed E-state index contributed by atoms with van der Waals surface area (Å²) < 4.78 is 15.2. The third-order valence-electron chi connectivity index (χ3n) is 2.50. The molecular weight excluding hydrogens is 205 g/mol. The van der Waals surface area contributed by atoms with Gasteiger partial charge in [-0.25, -0.2) is 9.37 Å². The molecule has 0 spiro atoms. The van der Waals surface area contributed by atoms with E-state index < -0.39 is 0 Å².